The smallest absolute Gasteiger partial charge is 0.416 e. The summed E-state index contributed by atoms with van der Waals surface area (Å²) in [5.41, 5.74) is 6.64. The summed E-state index contributed by atoms with van der Waals surface area (Å²) < 4.78 is 46.7. The number of carbonyl (C=O) groups excluding carboxylic acids is 1. The standard InChI is InChI=1S/C25H28ClF3N4O2/c1-24(2,3)21(30)10-11-35-20-9-8-17(13-18(20)22-19(26)14-31-33(22)4)32-23(34)15-6-5-7-16(12-15)25(27,28)29/h5-9,12-14,21H,10-11,30H2,1-4H3,(H,32,34). The molecule has 0 radical (unpaired) electrons. The van der Waals surface area contributed by atoms with Crippen molar-refractivity contribution in [2.24, 2.45) is 18.2 Å². The van der Waals surface area contributed by atoms with Gasteiger partial charge in [-0.15, -0.1) is 0 Å². The van der Waals surface area contributed by atoms with E-state index in [1.807, 2.05) is 0 Å². The summed E-state index contributed by atoms with van der Waals surface area (Å²) in [5, 5.41) is 7.19. The number of amides is 1. The highest BCUT2D eigenvalue weighted by molar-refractivity contribution is 6.33. The molecule has 1 unspecified atom stereocenters. The number of alkyl halides is 3. The van der Waals surface area contributed by atoms with Crippen molar-refractivity contribution in [1.29, 1.82) is 0 Å². The first-order valence-electron chi connectivity index (χ1n) is 11.0. The topological polar surface area (TPSA) is 82.2 Å². The highest BCUT2D eigenvalue weighted by atomic mass is 35.5. The van der Waals surface area contributed by atoms with E-state index in [0.29, 0.717) is 40.7 Å². The van der Waals surface area contributed by atoms with Gasteiger partial charge < -0.3 is 15.8 Å². The van der Waals surface area contributed by atoms with E-state index in [4.69, 9.17) is 22.1 Å². The predicted molar refractivity (Wildman–Crippen MR) is 131 cm³/mol. The Kier molecular flexibility index (Phi) is 7.81. The van der Waals surface area contributed by atoms with E-state index in [-0.39, 0.29) is 17.0 Å². The van der Waals surface area contributed by atoms with Crippen LogP contribution in [0.4, 0.5) is 18.9 Å². The van der Waals surface area contributed by atoms with Crippen LogP contribution in [0.2, 0.25) is 5.02 Å². The third-order valence-electron chi connectivity index (χ3n) is 5.64. The molecule has 0 saturated heterocycles. The molecule has 1 atom stereocenters. The highest BCUT2D eigenvalue weighted by Gasteiger charge is 2.31. The summed E-state index contributed by atoms with van der Waals surface area (Å²) in [6.45, 7) is 6.53. The Morgan fingerprint density at radius 2 is 1.91 bits per heavy atom. The molecule has 0 fully saturated rings. The van der Waals surface area contributed by atoms with E-state index in [1.165, 1.54) is 18.3 Å². The predicted octanol–water partition coefficient (Wildman–Crippen LogP) is 6.15. The Balaban J connectivity index is 1.88. The number of anilines is 1. The van der Waals surface area contributed by atoms with E-state index < -0.39 is 17.6 Å². The number of nitrogens with two attached hydrogens (primary N) is 1. The van der Waals surface area contributed by atoms with Gasteiger partial charge in [-0.25, -0.2) is 0 Å². The molecule has 0 aliphatic heterocycles. The largest absolute Gasteiger partial charge is 0.493 e. The van der Waals surface area contributed by atoms with Crippen molar-refractivity contribution in [2.45, 2.75) is 39.4 Å². The molecular formula is C25H28ClF3N4O2. The zero-order chi connectivity index (χ0) is 26.0. The van der Waals surface area contributed by atoms with Gasteiger partial charge in [-0.2, -0.15) is 18.3 Å². The van der Waals surface area contributed by atoms with Crippen molar-refractivity contribution in [3.05, 3.63) is 64.8 Å². The summed E-state index contributed by atoms with van der Waals surface area (Å²) in [6.07, 6.45) is -2.44. The summed E-state index contributed by atoms with van der Waals surface area (Å²) in [4.78, 5) is 12.7. The van der Waals surface area contributed by atoms with E-state index >= 15 is 0 Å². The normalized spacial score (nSPS) is 12.9. The molecule has 10 heteroatoms. The van der Waals surface area contributed by atoms with Gasteiger partial charge in [0.1, 0.15) is 5.75 Å². The number of benzene rings is 2. The van der Waals surface area contributed by atoms with Crippen LogP contribution in [0.25, 0.3) is 11.3 Å². The molecule has 1 heterocycles. The molecule has 0 bridgehead atoms. The van der Waals surface area contributed by atoms with Crippen LogP contribution in [-0.4, -0.2) is 28.3 Å². The molecule has 0 aliphatic rings. The Labute approximate surface area is 207 Å². The Morgan fingerprint density at radius 1 is 1.20 bits per heavy atom. The Bertz CT molecular complexity index is 1180. The SMILES string of the molecule is Cn1ncc(Cl)c1-c1cc(NC(=O)c2cccc(C(F)(F)F)c2)ccc1OCCC(N)C(C)(C)C. The average molecular weight is 509 g/mol. The quantitative estimate of drug-likeness (QED) is 0.401. The van der Waals surface area contributed by atoms with Crippen molar-refractivity contribution in [3.8, 4) is 17.0 Å². The first-order valence-corrected chi connectivity index (χ1v) is 11.3. The van der Waals surface area contributed by atoms with Crippen molar-refractivity contribution in [1.82, 2.24) is 9.78 Å². The van der Waals surface area contributed by atoms with Crippen molar-refractivity contribution in [2.75, 3.05) is 11.9 Å². The van der Waals surface area contributed by atoms with E-state index in [1.54, 1.807) is 29.9 Å². The van der Waals surface area contributed by atoms with Gasteiger partial charge in [0.05, 0.1) is 29.1 Å². The van der Waals surface area contributed by atoms with Gasteiger partial charge >= 0.3 is 6.18 Å². The molecule has 1 aromatic heterocycles. The van der Waals surface area contributed by atoms with Gasteiger partial charge in [-0.1, -0.05) is 38.4 Å². The van der Waals surface area contributed by atoms with Crippen LogP contribution in [0, 0.1) is 5.41 Å². The molecule has 3 N–H and O–H groups in total. The fourth-order valence-corrected chi connectivity index (χ4v) is 3.67. The monoisotopic (exact) mass is 508 g/mol. The van der Waals surface area contributed by atoms with Gasteiger partial charge in [-0.05, 0) is 48.2 Å². The van der Waals surface area contributed by atoms with Gasteiger partial charge in [0.15, 0.2) is 0 Å². The summed E-state index contributed by atoms with van der Waals surface area (Å²) >= 11 is 6.36. The minimum absolute atomic E-state index is 0.0720. The molecule has 0 aliphatic carbocycles. The van der Waals surface area contributed by atoms with Gasteiger partial charge in [0.2, 0.25) is 0 Å². The van der Waals surface area contributed by atoms with Crippen LogP contribution in [-0.2, 0) is 13.2 Å². The second-order valence-electron chi connectivity index (χ2n) is 9.32. The van der Waals surface area contributed by atoms with Crippen LogP contribution < -0.4 is 15.8 Å². The van der Waals surface area contributed by atoms with Gasteiger partial charge in [0.25, 0.3) is 5.91 Å². The molecule has 3 rings (SSSR count). The fraction of sp³-hybridized carbons (Fsp3) is 0.360. The number of aromatic nitrogens is 2. The highest BCUT2D eigenvalue weighted by Crippen LogP contribution is 2.37. The van der Waals surface area contributed by atoms with E-state index in [9.17, 15) is 18.0 Å². The van der Waals surface area contributed by atoms with Crippen molar-refractivity contribution < 1.29 is 22.7 Å². The average Bonchev–Trinajstić information content (AvgIpc) is 3.11. The molecular weight excluding hydrogens is 481 g/mol. The second-order valence-corrected chi connectivity index (χ2v) is 9.73. The number of halogens is 4. The minimum atomic E-state index is -4.55. The molecule has 35 heavy (non-hydrogen) atoms. The fourth-order valence-electron chi connectivity index (χ4n) is 3.40. The third-order valence-corrected chi connectivity index (χ3v) is 5.91. The van der Waals surface area contributed by atoms with Crippen molar-refractivity contribution >= 4 is 23.2 Å². The number of aryl methyl sites for hydroxylation is 1. The summed E-state index contributed by atoms with van der Waals surface area (Å²) in [5.74, 6) is -0.170. The third kappa shape index (κ3) is 6.55. The minimum Gasteiger partial charge on any atom is -0.493 e. The van der Waals surface area contributed by atoms with Gasteiger partial charge in [-0.3, -0.25) is 9.48 Å². The molecule has 2 aromatic carbocycles. The first kappa shape index (κ1) is 26.6. The van der Waals surface area contributed by atoms with Crippen LogP contribution in [0.1, 0.15) is 43.1 Å². The molecule has 0 saturated carbocycles. The Hall–Kier alpha value is -3.04. The lowest BCUT2D eigenvalue weighted by Crippen LogP contribution is -2.36. The maximum Gasteiger partial charge on any atom is 0.416 e. The number of rotatable bonds is 7. The number of hydrogen-bond acceptors (Lipinski definition) is 4. The van der Waals surface area contributed by atoms with E-state index in [2.05, 4.69) is 31.2 Å². The van der Waals surface area contributed by atoms with Gasteiger partial charge in [0, 0.05) is 29.9 Å². The summed E-state index contributed by atoms with van der Waals surface area (Å²) in [7, 11) is 1.72. The van der Waals surface area contributed by atoms with Crippen LogP contribution >= 0.6 is 11.6 Å². The number of carbonyl (C=O) groups is 1. The Morgan fingerprint density at radius 3 is 2.51 bits per heavy atom. The zero-order valence-corrected chi connectivity index (χ0v) is 20.7. The van der Waals surface area contributed by atoms with Crippen LogP contribution in [0.3, 0.4) is 0 Å². The lowest BCUT2D eigenvalue weighted by atomic mass is 9.86. The van der Waals surface area contributed by atoms with E-state index in [0.717, 1.165) is 12.1 Å². The molecule has 6 nitrogen and oxygen atoms in total. The number of ether oxygens (including phenoxy) is 1. The summed E-state index contributed by atoms with van der Waals surface area (Å²) in [6, 6.07) is 9.09. The first-order chi connectivity index (χ1) is 16.3. The molecule has 0 spiro atoms. The van der Waals surface area contributed by atoms with Crippen LogP contribution in [0.5, 0.6) is 5.75 Å². The molecule has 188 valence electrons. The number of nitrogens with one attached hydrogen (secondary N) is 1. The lowest BCUT2D eigenvalue weighted by molar-refractivity contribution is -0.137. The number of hydrogen-bond donors (Lipinski definition) is 2. The zero-order valence-electron chi connectivity index (χ0n) is 19.9. The number of nitrogens with zero attached hydrogens (tertiary/aromatic N) is 2. The maximum atomic E-state index is 13.0. The van der Waals surface area contributed by atoms with Crippen molar-refractivity contribution in [3.63, 3.8) is 0 Å². The molecule has 3 aromatic rings. The lowest BCUT2D eigenvalue weighted by Gasteiger charge is -2.27. The van der Waals surface area contributed by atoms with Crippen LogP contribution in [0.15, 0.2) is 48.7 Å². The second kappa shape index (κ2) is 10.3. The maximum absolute atomic E-state index is 13.0. The molecule has 1 amide bonds.